The molecule has 2 aromatic carbocycles. The van der Waals surface area contributed by atoms with Crippen LogP contribution in [0, 0.1) is 0 Å². The van der Waals surface area contributed by atoms with Gasteiger partial charge in [-0.1, -0.05) is 36.4 Å². The minimum atomic E-state index is -1.22. The summed E-state index contributed by atoms with van der Waals surface area (Å²) in [6, 6.07) is 16.8. The lowest BCUT2D eigenvalue weighted by molar-refractivity contribution is -0.0427. The number of esters is 2. The molecule has 4 atom stereocenters. The molecule has 0 aromatic heterocycles. The lowest BCUT2D eigenvalue weighted by atomic mass is 10.1. The van der Waals surface area contributed by atoms with Crippen LogP contribution in [0.2, 0.25) is 0 Å². The Hall–Kier alpha value is -2.74. The quantitative estimate of drug-likeness (QED) is 0.772. The molecule has 136 valence electrons. The van der Waals surface area contributed by atoms with Gasteiger partial charge in [-0.3, -0.25) is 0 Å². The van der Waals surface area contributed by atoms with E-state index in [4.69, 9.17) is 19.9 Å². The average Bonchev–Trinajstić information content (AvgIpc) is 2.95. The predicted octanol–water partition coefficient (Wildman–Crippen LogP) is 1.11. The first-order chi connectivity index (χ1) is 12.6. The lowest BCUT2D eigenvalue weighted by Gasteiger charge is -2.20. The summed E-state index contributed by atoms with van der Waals surface area (Å²) in [4.78, 5) is 24.3. The first kappa shape index (κ1) is 18.1. The Balaban J connectivity index is 1.63. The van der Waals surface area contributed by atoms with Gasteiger partial charge in [-0.05, 0) is 24.3 Å². The van der Waals surface area contributed by atoms with Crippen LogP contribution >= 0.6 is 0 Å². The van der Waals surface area contributed by atoms with Crippen LogP contribution in [0.5, 0.6) is 0 Å². The van der Waals surface area contributed by atoms with Crippen molar-refractivity contribution in [1.82, 2.24) is 0 Å². The zero-order valence-corrected chi connectivity index (χ0v) is 13.9. The molecular weight excluding hydrogens is 338 g/mol. The summed E-state index contributed by atoms with van der Waals surface area (Å²) in [5.74, 6) is -1.16. The molecule has 1 aliphatic heterocycles. The summed E-state index contributed by atoms with van der Waals surface area (Å²) in [5.41, 5.74) is 6.40. The molecule has 0 amide bonds. The van der Waals surface area contributed by atoms with Crippen LogP contribution in [0.4, 0.5) is 0 Å². The Morgan fingerprint density at radius 1 is 0.962 bits per heavy atom. The monoisotopic (exact) mass is 357 g/mol. The van der Waals surface area contributed by atoms with Crippen LogP contribution in [0.1, 0.15) is 20.7 Å². The van der Waals surface area contributed by atoms with Crippen LogP contribution in [0.15, 0.2) is 60.7 Å². The molecule has 1 fully saturated rings. The maximum absolute atomic E-state index is 12.2. The van der Waals surface area contributed by atoms with Gasteiger partial charge < -0.3 is 25.1 Å². The maximum Gasteiger partial charge on any atom is 0.338 e. The van der Waals surface area contributed by atoms with Crippen molar-refractivity contribution < 1.29 is 28.9 Å². The van der Waals surface area contributed by atoms with Gasteiger partial charge in [-0.25, -0.2) is 9.59 Å². The number of aliphatic hydroxyl groups excluding tert-OH is 1. The molecule has 1 aliphatic rings. The molecule has 2 aromatic rings. The van der Waals surface area contributed by atoms with Gasteiger partial charge in [0, 0.05) is 0 Å². The number of carbonyl (C=O) groups excluding carboxylic acids is 2. The third-order valence-electron chi connectivity index (χ3n) is 4.01. The number of ether oxygens (including phenoxy) is 3. The van der Waals surface area contributed by atoms with Gasteiger partial charge in [-0.15, -0.1) is 0 Å². The number of benzene rings is 2. The first-order valence-corrected chi connectivity index (χ1v) is 8.13. The third kappa shape index (κ3) is 4.08. The van der Waals surface area contributed by atoms with Crippen molar-refractivity contribution in [3.05, 3.63) is 71.8 Å². The molecule has 0 aliphatic carbocycles. The Bertz CT molecular complexity index is 751. The van der Waals surface area contributed by atoms with E-state index < -0.39 is 36.5 Å². The van der Waals surface area contributed by atoms with Crippen LogP contribution in [0.3, 0.4) is 0 Å². The molecule has 0 spiro atoms. The SMILES string of the molecule is N[C@@H]1O[C@H](COC(=O)c2ccccc2)[C@@H](OC(=O)c2ccccc2)[C@H]1O. The molecule has 0 bridgehead atoms. The highest BCUT2D eigenvalue weighted by Crippen LogP contribution is 2.23. The normalized spacial score (nSPS) is 24.8. The van der Waals surface area contributed by atoms with E-state index in [1.54, 1.807) is 60.7 Å². The minimum Gasteiger partial charge on any atom is -0.459 e. The van der Waals surface area contributed by atoms with E-state index in [0.717, 1.165) is 0 Å². The summed E-state index contributed by atoms with van der Waals surface area (Å²) in [5, 5.41) is 10.1. The summed E-state index contributed by atoms with van der Waals surface area (Å²) < 4.78 is 15.9. The van der Waals surface area contributed by atoms with Gasteiger partial charge in [0.2, 0.25) is 0 Å². The summed E-state index contributed by atoms with van der Waals surface area (Å²) in [7, 11) is 0. The molecule has 1 heterocycles. The molecular formula is C19H19NO6. The molecule has 0 radical (unpaired) electrons. The maximum atomic E-state index is 12.2. The number of aliphatic hydroxyl groups is 1. The molecule has 0 saturated carbocycles. The van der Waals surface area contributed by atoms with E-state index in [1.807, 2.05) is 0 Å². The first-order valence-electron chi connectivity index (χ1n) is 8.13. The van der Waals surface area contributed by atoms with Gasteiger partial charge in [0.25, 0.3) is 0 Å². The van der Waals surface area contributed by atoms with Crippen molar-refractivity contribution in [2.45, 2.75) is 24.5 Å². The van der Waals surface area contributed by atoms with Gasteiger partial charge in [-0.2, -0.15) is 0 Å². The smallest absolute Gasteiger partial charge is 0.338 e. The average molecular weight is 357 g/mol. The fourth-order valence-electron chi connectivity index (χ4n) is 2.63. The summed E-state index contributed by atoms with van der Waals surface area (Å²) in [6.45, 7) is -0.203. The van der Waals surface area contributed by atoms with Crippen molar-refractivity contribution in [2.24, 2.45) is 5.73 Å². The van der Waals surface area contributed by atoms with E-state index in [-0.39, 0.29) is 6.61 Å². The zero-order chi connectivity index (χ0) is 18.5. The largest absolute Gasteiger partial charge is 0.459 e. The van der Waals surface area contributed by atoms with Crippen molar-refractivity contribution >= 4 is 11.9 Å². The minimum absolute atomic E-state index is 0.203. The van der Waals surface area contributed by atoms with Crippen LogP contribution in [-0.2, 0) is 14.2 Å². The second-order valence-corrected chi connectivity index (χ2v) is 5.83. The van der Waals surface area contributed by atoms with Crippen molar-refractivity contribution in [2.75, 3.05) is 6.61 Å². The van der Waals surface area contributed by atoms with Crippen molar-refractivity contribution in [3.63, 3.8) is 0 Å². The molecule has 26 heavy (non-hydrogen) atoms. The van der Waals surface area contributed by atoms with E-state index in [2.05, 4.69) is 0 Å². The van der Waals surface area contributed by atoms with Gasteiger partial charge >= 0.3 is 11.9 Å². The molecule has 7 heteroatoms. The van der Waals surface area contributed by atoms with Crippen molar-refractivity contribution in [3.8, 4) is 0 Å². The van der Waals surface area contributed by atoms with E-state index >= 15 is 0 Å². The molecule has 0 unspecified atom stereocenters. The van der Waals surface area contributed by atoms with Gasteiger partial charge in [0.15, 0.2) is 6.10 Å². The Kier molecular flexibility index (Phi) is 5.62. The number of hydrogen-bond donors (Lipinski definition) is 2. The standard InChI is InChI=1S/C19H19NO6/c20-17-15(21)16(26-19(23)13-9-5-2-6-10-13)14(25-17)11-24-18(22)12-7-3-1-4-8-12/h1-10,14-17,21H,11,20H2/t14-,15-,16-,17-/m1/s1. The number of hydrogen-bond acceptors (Lipinski definition) is 7. The highest BCUT2D eigenvalue weighted by molar-refractivity contribution is 5.90. The number of nitrogens with two attached hydrogens (primary N) is 1. The van der Waals surface area contributed by atoms with Gasteiger partial charge in [0.05, 0.1) is 11.1 Å². The molecule has 3 N–H and O–H groups in total. The third-order valence-corrected chi connectivity index (χ3v) is 4.01. The van der Waals surface area contributed by atoms with E-state index in [0.29, 0.717) is 11.1 Å². The van der Waals surface area contributed by atoms with Gasteiger partial charge in [0.1, 0.15) is 25.0 Å². The topological polar surface area (TPSA) is 108 Å². The summed E-state index contributed by atoms with van der Waals surface area (Å²) in [6.07, 6.45) is -4.16. The lowest BCUT2D eigenvalue weighted by Crippen LogP contribution is -2.40. The Morgan fingerprint density at radius 2 is 1.50 bits per heavy atom. The fraction of sp³-hybridized carbons (Fsp3) is 0.263. The molecule has 7 nitrogen and oxygen atoms in total. The Labute approximate surface area is 150 Å². The summed E-state index contributed by atoms with van der Waals surface area (Å²) >= 11 is 0. The van der Waals surface area contributed by atoms with Crippen LogP contribution < -0.4 is 5.73 Å². The second-order valence-electron chi connectivity index (χ2n) is 5.83. The molecule has 3 rings (SSSR count). The van der Waals surface area contributed by atoms with Crippen molar-refractivity contribution in [1.29, 1.82) is 0 Å². The van der Waals surface area contributed by atoms with E-state index in [9.17, 15) is 14.7 Å². The zero-order valence-electron chi connectivity index (χ0n) is 13.9. The highest BCUT2D eigenvalue weighted by Gasteiger charge is 2.45. The van der Waals surface area contributed by atoms with E-state index in [1.165, 1.54) is 0 Å². The van der Waals surface area contributed by atoms with Crippen LogP contribution in [-0.4, -0.2) is 48.2 Å². The molecule has 1 saturated heterocycles. The fourth-order valence-corrected chi connectivity index (χ4v) is 2.63. The van der Waals surface area contributed by atoms with Crippen LogP contribution in [0.25, 0.3) is 0 Å². The predicted molar refractivity (Wildman–Crippen MR) is 91.2 cm³/mol. The second kappa shape index (κ2) is 8.09. The number of carbonyl (C=O) groups is 2. The highest BCUT2D eigenvalue weighted by atomic mass is 16.6. The Morgan fingerprint density at radius 3 is 2.08 bits per heavy atom. The number of rotatable bonds is 5.